The second kappa shape index (κ2) is 6.96. The average molecular weight is 413 g/mol. The maximum atomic E-state index is 14.3. The average Bonchev–Trinajstić information content (AvgIpc) is 3.08. The number of benzene rings is 1. The van der Waals surface area contributed by atoms with Crippen molar-refractivity contribution in [1.29, 1.82) is 5.26 Å². The Morgan fingerprint density at radius 1 is 1.24 bits per heavy atom. The topological polar surface area (TPSA) is 118 Å². The van der Waals surface area contributed by atoms with Gasteiger partial charge in [0.15, 0.2) is 5.82 Å². The molecule has 0 unspecified atom stereocenters. The van der Waals surface area contributed by atoms with Gasteiger partial charge in [0.1, 0.15) is 34.7 Å². The number of nitrogens with one attached hydrogen (secondary N) is 1. The molecule has 11 heteroatoms. The van der Waals surface area contributed by atoms with Gasteiger partial charge in [-0.3, -0.25) is 0 Å². The zero-order valence-corrected chi connectivity index (χ0v) is 15.5. The van der Waals surface area contributed by atoms with Crippen LogP contribution in [0.4, 0.5) is 26.4 Å². The molecule has 0 aliphatic heterocycles. The van der Waals surface area contributed by atoms with Gasteiger partial charge < -0.3 is 11.1 Å². The molecule has 29 heavy (non-hydrogen) atoms. The van der Waals surface area contributed by atoms with Crippen molar-refractivity contribution in [3.8, 4) is 11.8 Å². The molecule has 1 aromatic carbocycles. The van der Waals surface area contributed by atoms with Gasteiger partial charge in [-0.15, -0.1) is 0 Å². The first-order valence-corrected chi connectivity index (χ1v) is 8.55. The number of aryl methyl sites for hydroxylation is 1. The summed E-state index contributed by atoms with van der Waals surface area (Å²) in [7, 11) is 0. The first kappa shape index (κ1) is 18.5. The maximum Gasteiger partial charge on any atom is 0.222 e. The lowest BCUT2D eigenvalue weighted by Crippen LogP contribution is -2.02. The molecule has 4 aromatic rings. The van der Waals surface area contributed by atoms with Gasteiger partial charge in [0, 0.05) is 18.0 Å². The molecule has 0 fully saturated rings. The first-order chi connectivity index (χ1) is 13.9. The van der Waals surface area contributed by atoms with Crippen LogP contribution in [0.3, 0.4) is 0 Å². The predicted molar refractivity (Wildman–Crippen MR) is 103 cm³/mol. The summed E-state index contributed by atoms with van der Waals surface area (Å²) in [6, 6.07) is 5.57. The fourth-order valence-corrected chi connectivity index (χ4v) is 3.14. The summed E-state index contributed by atoms with van der Waals surface area (Å²) in [4.78, 5) is 12.1. The van der Waals surface area contributed by atoms with E-state index >= 15 is 0 Å². The van der Waals surface area contributed by atoms with Crippen molar-refractivity contribution in [1.82, 2.24) is 24.7 Å². The molecule has 0 spiro atoms. The molecular weight excluding hydrogens is 402 g/mol. The lowest BCUT2D eigenvalue weighted by Gasteiger charge is -2.07. The standard InChI is InChI=1S/C18H11ClF2N8/c1-8-2-14(27-18(23)25-8)26-17-11-7-29(28-15(11)13(21)6-24-17)16-9(5-22)3-10(20)4-12(16)19/h2-4,6-7H,1H3,(H3,23,24,25,26,27). The normalized spacial score (nSPS) is 10.9. The van der Waals surface area contributed by atoms with E-state index in [2.05, 4.69) is 25.4 Å². The minimum absolute atomic E-state index is 0.0227. The third-order valence-corrected chi connectivity index (χ3v) is 4.29. The zero-order valence-electron chi connectivity index (χ0n) is 14.8. The summed E-state index contributed by atoms with van der Waals surface area (Å²) in [6.07, 6.45) is 2.43. The second-order valence-corrected chi connectivity index (χ2v) is 6.47. The van der Waals surface area contributed by atoms with Crippen LogP contribution in [0.15, 0.2) is 30.6 Å². The van der Waals surface area contributed by atoms with Crippen molar-refractivity contribution >= 4 is 40.1 Å². The van der Waals surface area contributed by atoms with E-state index in [9.17, 15) is 14.0 Å². The number of nitrogens with two attached hydrogens (primary N) is 1. The van der Waals surface area contributed by atoms with Gasteiger partial charge in [-0.05, 0) is 19.1 Å². The number of hydrogen-bond donors (Lipinski definition) is 2. The fraction of sp³-hybridized carbons (Fsp3) is 0.0556. The molecule has 8 nitrogen and oxygen atoms in total. The Kier molecular flexibility index (Phi) is 4.44. The first-order valence-electron chi connectivity index (χ1n) is 8.17. The molecule has 0 bridgehead atoms. The number of pyridine rings is 1. The maximum absolute atomic E-state index is 14.3. The molecule has 4 rings (SSSR count). The predicted octanol–water partition coefficient (Wildman–Crippen LogP) is 3.65. The number of nitrogen functional groups attached to an aromatic ring is 1. The van der Waals surface area contributed by atoms with Crippen molar-refractivity contribution < 1.29 is 8.78 Å². The van der Waals surface area contributed by atoms with Gasteiger partial charge >= 0.3 is 0 Å². The number of anilines is 3. The molecule has 0 aliphatic carbocycles. The van der Waals surface area contributed by atoms with Gasteiger partial charge in [0.05, 0.1) is 22.2 Å². The smallest absolute Gasteiger partial charge is 0.222 e. The Balaban J connectivity index is 1.88. The molecule has 3 aromatic heterocycles. The van der Waals surface area contributed by atoms with E-state index in [1.165, 1.54) is 10.9 Å². The molecule has 144 valence electrons. The van der Waals surface area contributed by atoms with E-state index in [0.717, 1.165) is 18.3 Å². The highest BCUT2D eigenvalue weighted by Crippen LogP contribution is 2.30. The third-order valence-electron chi connectivity index (χ3n) is 4.00. The van der Waals surface area contributed by atoms with E-state index < -0.39 is 11.6 Å². The van der Waals surface area contributed by atoms with E-state index in [0.29, 0.717) is 16.9 Å². The third kappa shape index (κ3) is 3.39. The van der Waals surface area contributed by atoms with Gasteiger partial charge in [0.25, 0.3) is 0 Å². The molecular formula is C18H11ClF2N8. The van der Waals surface area contributed by atoms with Crippen LogP contribution < -0.4 is 11.1 Å². The summed E-state index contributed by atoms with van der Waals surface area (Å²) in [5, 5.41) is 16.7. The Hall–Kier alpha value is -3.84. The van der Waals surface area contributed by atoms with Gasteiger partial charge in [0.2, 0.25) is 5.95 Å². The molecule has 3 heterocycles. The van der Waals surface area contributed by atoms with Crippen molar-refractivity contribution in [2.45, 2.75) is 6.92 Å². The van der Waals surface area contributed by atoms with Crippen molar-refractivity contribution in [3.05, 3.63) is 58.5 Å². The molecule has 0 saturated heterocycles. The number of rotatable bonds is 3. The minimum Gasteiger partial charge on any atom is -0.368 e. The Labute approximate surface area is 167 Å². The molecule has 3 N–H and O–H groups in total. The van der Waals surface area contributed by atoms with Crippen LogP contribution in [0.2, 0.25) is 5.02 Å². The van der Waals surface area contributed by atoms with Crippen molar-refractivity contribution in [2.24, 2.45) is 0 Å². The summed E-state index contributed by atoms with van der Waals surface area (Å²) in [5.74, 6) is -0.667. The number of fused-ring (bicyclic) bond motifs is 1. The van der Waals surface area contributed by atoms with Gasteiger partial charge in [-0.25, -0.2) is 23.4 Å². The van der Waals surface area contributed by atoms with Crippen LogP contribution in [0.25, 0.3) is 16.6 Å². The largest absolute Gasteiger partial charge is 0.368 e. The Morgan fingerprint density at radius 3 is 2.76 bits per heavy atom. The number of hydrogen-bond acceptors (Lipinski definition) is 7. The van der Waals surface area contributed by atoms with Crippen molar-refractivity contribution in [2.75, 3.05) is 11.1 Å². The summed E-state index contributed by atoms with van der Waals surface area (Å²) in [6.45, 7) is 1.74. The summed E-state index contributed by atoms with van der Waals surface area (Å²) < 4.78 is 29.1. The van der Waals surface area contributed by atoms with Crippen LogP contribution in [0, 0.1) is 29.9 Å². The molecule has 0 atom stereocenters. The molecule has 0 saturated carbocycles. The highest BCUT2D eigenvalue weighted by Gasteiger charge is 2.18. The van der Waals surface area contributed by atoms with Gasteiger partial charge in [-0.2, -0.15) is 15.3 Å². The monoisotopic (exact) mass is 412 g/mol. The lowest BCUT2D eigenvalue weighted by atomic mass is 10.2. The van der Waals surface area contributed by atoms with E-state index in [1.54, 1.807) is 13.0 Å². The second-order valence-electron chi connectivity index (χ2n) is 6.06. The SMILES string of the molecule is Cc1cc(Nc2ncc(F)c3nn(-c4c(Cl)cc(F)cc4C#N)cc23)nc(N)n1. The number of halogens is 3. The minimum atomic E-state index is -0.681. The van der Waals surface area contributed by atoms with Crippen LogP contribution in [-0.2, 0) is 0 Å². The van der Waals surface area contributed by atoms with Gasteiger partial charge in [-0.1, -0.05) is 11.6 Å². The van der Waals surface area contributed by atoms with Crippen molar-refractivity contribution in [3.63, 3.8) is 0 Å². The molecule has 0 amide bonds. The molecule has 0 aliphatic rings. The number of aromatic nitrogens is 5. The molecule has 0 radical (unpaired) electrons. The fourth-order valence-electron chi connectivity index (χ4n) is 2.85. The number of nitriles is 1. The highest BCUT2D eigenvalue weighted by atomic mass is 35.5. The quantitative estimate of drug-likeness (QED) is 0.527. The Bertz CT molecular complexity index is 1290. The summed E-state index contributed by atoms with van der Waals surface area (Å²) in [5.41, 5.74) is 6.34. The van der Waals surface area contributed by atoms with Crippen LogP contribution in [0.1, 0.15) is 11.3 Å². The van der Waals surface area contributed by atoms with E-state index in [1.807, 2.05) is 6.07 Å². The van der Waals surface area contributed by atoms with Crippen LogP contribution in [-0.4, -0.2) is 24.7 Å². The highest BCUT2D eigenvalue weighted by molar-refractivity contribution is 6.32. The van der Waals surface area contributed by atoms with E-state index in [4.69, 9.17) is 17.3 Å². The summed E-state index contributed by atoms with van der Waals surface area (Å²) >= 11 is 6.11. The van der Waals surface area contributed by atoms with Crippen LogP contribution >= 0.6 is 11.6 Å². The Morgan fingerprint density at radius 2 is 2.03 bits per heavy atom. The van der Waals surface area contributed by atoms with E-state index in [-0.39, 0.29) is 33.6 Å². The zero-order chi connectivity index (χ0) is 20.7. The lowest BCUT2D eigenvalue weighted by molar-refractivity contribution is 0.625. The number of nitrogens with zero attached hydrogens (tertiary/aromatic N) is 6. The van der Waals surface area contributed by atoms with Crippen LogP contribution in [0.5, 0.6) is 0 Å².